The van der Waals surface area contributed by atoms with E-state index in [1.165, 1.54) is 0 Å². The zero-order valence-corrected chi connectivity index (χ0v) is 11.0. The van der Waals surface area contributed by atoms with Crippen molar-refractivity contribution in [3.63, 3.8) is 0 Å². The molecule has 18 heavy (non-hydrogen) atoms. The molecule has 0 radical (unpaired) electrons. The summed E-state index contributed by atoms with van der Waals surface area (Å²) in [5, 5.41) is 11.9. The van der Waals surface area contributed by atoms with Crippen LogP contribution in [0.1, 0.15) is 38.9 Å². The summed E-state index contributed by atoms with van der Waals surface area (Å²) >= 11 is 0. The van der Waals surface area contributed by atoms with E-state index in [1.807, 2.05) is 24.3 Å². The number of nitrogens with zero attached hydrogens (tertiary/aromatic N) is 4. The molecular formula is C13H18N4O. The second-order valence-corrected chi connectivity index (χ2v) is 4.42. The lowest BCUT2D eigenvalue weighted by Gasteiger charge is -2.12. The molecule has 0 aliphatic rings. The second kappa shape index (κ2) is 5.62. The van der Waals surface area contributed by atoms with Gasteiger partial charge >= 0.3 is 0 Å². The maximum Gasteiger partial charge on any atom is 0.159 e. The van der Waals surface area contributed by atoms with Crippen molar-refractivity contribution in [3.05, 3.63) is 30.1 Å². The molecule has 2 aromatic rings. The highest BCUT2D eigenvalue weighted by atomic mass is 16.5. The highest BCUT2D eigenvalue weighted by molar-refractivity contribution is 5.46. The lowest BCUT2D eigenvalue weighted by molar-refractivity contribution is 0.315. The van der Waals surface area contributed by atoms with Gasteiger partial charge in [0.15, 0.2) is 5.82 Å². The third-order valence-corrected chi connectivity index (χ3v) is 2.57. The number of benzene rings is 1. The first-order valence-corrected chi connectivity index (χ1v) is 6.24. The molecule has 1 heterocycles. The molecule has 1 aromatic heterocycles. The van der Waals surface area contributed by atoms with Crippen molar-refractivity contribution in [1.29, 1.82) is 0 Å². The van der Waals surface area contributed by atoms with Gasteiger partial charge in [-0.25, -0.2) is 0 Å². The fraction of sp³-hybridized carbons (Fsp3) is 0.462. The summed E-state index contributed by atoms with van der Waals surface area (Å²) in [7, 11) is 0. The Kier molecular flexibility index (Phi) is 3.92. The number of ether oxygens (including phenoxy) is 1. The molecule has 0 fully saturated rings. The molecule has 0 spiro atoms. The van der Waals surface area contributed by atoms with Gasteiger partial charge in [0.05, 0.1) is 6.61 Å². The summed E-state index contributed by atoms with van der Waals surface area (Å²) in [6, 6.07) is 7.82. The van der Waals surface area contributed by atoms with E-state index in [4.69, 9.17) is 4.74 Å². The Labute approximate surface area is 107 Å². The van der Waals surface area contributed by atoms with Crippen LogP contribution >= 0.6 is 0 Å². The van der Waals surface area contributed by atoms with E-state index in [0.29, 0.717) is 6.61 Å². The molecule has 0 bridgehead atoms. The molecule has 2 rings (SSSR count). The van der Waals surface area contributed by atoms with Crippen molar-refractivity contribution in [2.75, 3.05) is 6.61 Å². The van der Waals surface area contributed by atoms with Crippen LogP contribution in [0, 0.1) is 0 Å². The molecule has 5 heteroatoms. The topological polar surface area (TPSA) is 52.8 Å². The van der Waals surface area contributed by atoms with Crippen LogP contribution in [0.4, 0.5) is 0 Å². The van der Waals surface area contributed by atoms with Gasteiger partial charge in [-0.15, -0.1) is 5.10 Å². The molecule has 0 saturated heterocycles. The van der Waals surface area contributed by atoms with Crippen molar-refractivity contribution < 1.29 is 4.74 Å². The van der Waals surface area contributed by atoms with E-state index in [-0.39, 0.29) is 5.92 Å². The largest absolute Gasteiger partial charge is 0.491 e. The van der Waals surface area contributed by atoms with Crippen LogP contribution in [-0.4, -0.2) is 26.8 Å². The van der Waals surface area contributed by atoms with Gasteiger partial charge in [-0.1, -0.05) is 32.9 Å². The minimum Gasteiger partial charge on any atom is -0.491 e. The van der Waals surface area contributed by atoms with E-state index < -0.39 is 0 Å². The van der Waals surface area contributed by atoms with Crippen LogP contribution in [0.15, 0.2) is 24.3 Å². The standard InChI is InChI=1S/C13H18N4O/c1-4-9-18-12-8-6-5-7-11(12)17-13(10(2)3)14-15-16-17/h5-8,10H,4,9H2,1-3H3. The Morgan fingerprint density at radius 1 is 1.28 bits per heavy atom. The highest BCUT2D eigenvalue weighted by Crippen LogP contribution is 2.24. The van der Waals surface area contributed by atoms with Crippen molar-refractivity contribution in [2.45, 2.75) is 33.1 Å². The van der Waals surface area contributed by atoms with Gasteiger partial charge < -0.3 is 4.74 Å². The third-order valence-electron chi connectivity index (χ3n) is 2.57. The van der Waals surface area contributed by atoms with Crippen LogP contribution < -0.4 is 4.74 Å². The van der Waals surface area contributed by atoms with Gasteiger partial charge in [0.25, 0.3) is 0 Å². The van der Waals surface area contributed by atoms with Gasteiger partial charge in [-0.2, -0.15) is 4.68 Å². The molecule has 0 atom stereocenters. The van der Waals surface area contributed by atoms with Gasteiger partial charge in [0, 0.05) is 5.92 Å². The molecule has 0 aliphatic heterocycles. The van der Waals surface area contributed by atoms with Crippen LogP contribution in [0.3, 0.4) is 0 Å². The summed E-state index contributed by atoms with van der Waals surface area (Å²) in [6.45, 7) is 6.91. The molecular weight excluding hydrogens is 228 g/mol. The number of rotatable bonds is 5. The first-order valence-electron chi connectivity index (χ1n) is 6.24. The molecule has 5 nitrogen and oxygen atoms in total. The maximum atomic E-state index is 5.73. The lowest BCUT2D eigenvalue weighted by atomic mass is 10.2. The fourth-order valence-corrected chi connectivity index (χ4v) is 1.69. The first kappa shape index (κ1) is 12.5. The summed E-state index contributed by atoms with van der Waals surface area (Å²) in [6.07, 6.45) is 0.973. The zero-order chi connectivity index (χ0) is 13.0. The van der Waals surface area contributed by atoms with Crippen molar-refractivity contribution in [2.24, 2.45) is 0 Å². The molecule has 96 valence electrons. The molecule has 0 saturated carbocycles. The third kappa shape index (κ3) is 2.50. The Morgan fingerprint density at radius 2 is 2.06 bits per heavy atom. The fourth-order valence-electron chi connectivity index (χ4n) is 1.69. The van der Waals surface area contributed by atoms with Crippen LogP contribution in [0.5, 0.6) is 5.75 Å². The minimum atomic E-state index is 0.263. The van der Waals surface area contributed by atoms with Crippen LogP contribution in [0.25, 0.3) is 5.69 Å². The van der Waals surface area contributed by atoms with Crippen LogP contribution in [0.2, 0.25) is 0 Å². The average Bonchev–Trinajstić information content (AvgIpc) is 2.86. The van der Waals surface area contributed by atoms with Crippen molar-refractivity contribution >= 4 is 0 Å². The van der Waals surface area contributed by atoms with Gasteiger partial charge in [0.2, 0.25) is 0 Å². The highest BCUT2D eigenvalue weighted by Gasteiger charge is 2.14. The predicted molar refractivity (Wildman–Crippen MR) is 69.0 cm³/mol. The molecule has 0 unspecified atom stereocenters. The van der Waals surface area contributed by atoms with E-state index in [2.05, 4.69) is 36.3 Å². The van der Waals surface area contributed by atoms with Crippen LogP contribution in [-0.2, 0) is 0 Å². The monoisotopic (exact) mass is 246 g/mol. The van der Waals surface area contributed by atoms with Crippen molar-refractivity contribution in [3.8, 4) is 11.4 Å². The molecule has 0 aliphatic carbocycles. The predicted octanol–water partition coefficient (Wildman–Crippen LogP) is 2.57. The molecule has 0 N–H and O–H groups in total. The normalized spacial score (nSPS) is 10.9. The Balaban J connectivity index is 2.40. The average molecular weight is 246 g/mol. The van der Waals surface area contributed by atoms with Gasteiger partial charge in [-0.3, -0.25) is 0 Å². The Morgan fingerprint density at radius 3 is 2.78 bits per heavy atom. The number of hydrogen-bond acceptors (Lipinski definition) is 4. The SMILES string of the molecule is CCCOc1ccccc1-n1nnnc1C(C)C. The van der Waals surface area contributed by atoms with E-state index in [0.717, 1.165) is 23.7 Å². The van der Waals surface area contributed by atoms with Gasteiger partial charge in [-0.05, 0) is 29.0 Å². The first-order chi connectivity index (χ1) is 8.74. The zero-order valence-electron chi connectivity index (χ0n) is 11.0. The Bertz CT molecular complexity index is 507. The van der Waals surface area contributed by atoms with Gasteiger partial charge in [0.1, 0.15) is 11.4 Å². The molecule has 0 amide bonds. The second-order valence-electron chi connectivity index (χ2n) is 4.42. The minimum absolute atomic E-state index is 0.263. The Hall–Kier alpha value is -1.91. The smallest absolute Gasteiger partial charge is 0.159 e. The summed E-state index contributed by atoms with van der Waals surface area (Å²) in [5.74, 6) is 1.91. The van der Waals surface area contributed by atoms with Crippen molar-refractivity contribution in [1.82, 2.24) is 20.2 Å². The summed E-state index contributed by atoms with van der Waals surface area (Å²) < 4.78 is 7.47. The van der Waals surface area contributed by atoms with E-state index >= 15 is 0 Å². The maximum absolute atomic E-state index is 5.73. The number of para-hydroxylation sites is 2. The van der Waals surface area contributed by atoms with E-state index in [9.17, 15) is 0 Å². The quantitative estimate of drug-likeness (QED) is 0.813. The summed E-state index contributed by atoms with van der Waals surface area (Å²) in [4.78, 5) is 0. The number of aromatic nitrogens is 4. The summed E-state index contributed by atoms with van der Waals surface area (Å²) in [5.41, 5.74) is 0.889. The van der Waals surface area contributed by atoms with E-state index in [1.54, 1.807) is 4.68 Å². The molecule has 1 aromatic carbocycles. The lowest BCUT2D eigenvalue weighted by Crippen LogP contribution is -2.07. The number of hydrogen-bond donors (Lipinski definition) is 0. The number of tetrazole rings is 1.